The second-order valence-corrected chi connectivity index (χ2v) is 2.93. The Balaban J connectivity index is 2.47. The molecular weight excluding hydrogens is 180 g/mol. The van der Waals surface area contributed by atoms with E-state index in [2.05, 4.69) is 0 Å². The number of ether oxygens (including phenoxy) is 2. The van der Waals surface area contributed by atoms with Crippen molar-refractivity contribution in [2.45, 2.75) is 24.4 Å². The highest BCUT2D eigenvalue weighted by atomic mass is 16.7. The van der Waals surface area contributed by atoms with Crippen LogP contribution in [0.5, 0.6) is 0 Å². The van der Waals surface area contributed by atoms with E-state index in [1.165, 1.54) is 0 Å². The summed E-state index contributed by atoms with van der Waals surface area (Å²) < 4.78 is 9.63. The van der Waals surface area contributed by atoms with Crippen LogP contribution in [0, 0.1) is 0 Å². The van der Waals surface area contributed by atoms with Gasteiger partial charge in [0.15, 0.2) is 0 Å². The molecule has 0 spiro atoms. The van der Waals surface area contributed by atoms with Gasteiger partial charge in [-0.05, 0) is 0 Å². The first-order valence-electron chi connectivity index (χ1n) is 4.01. The number of hydrogen-bond acceptors (Lipinski definition) is 6. The van der Waals surface area contributed by atoms with Gasteiger partial charge in [0.1, 0.15) is 31.2 Å². The third-order valence-corrected chi connectivity index (χ3v) is 1.93. The van der Waals surface area contributed by atoms with Gasteiger partial charge in [-0.25, -0.2) is 0 Å². The topological polar surface area (TPSA) is 99.4 Å². The zero-order valence-corrected chi connectivity index (χ0v) is 7.04. The molecule has 0 saturated carbocycles. The lowest BCUT2D eigenvalue weighted by Crippen LogP contribution is -2.51. The fourth-order valence-corrected chi connectivity index (χ4v) is 1.15. The molecule has 1 rings (SSSR count). The molecule has 1 fully saturated rings. The number of rotatable bonds is 3. The van der Waals surface area contributed by atoms with E-state index >= 15 is 0 Å². The van der Waals surface area contributed by atoms with Gasteiger partial charge < -0.3 is 29.9 Å². The zero-order valence-electron chi connectivity index (χ0n) is 7.04. The normalized spacial score (nSPS) is 34.2. The van der Waals surface area contributed by atoms with Gasteiger partial charge in [0, 0.05) is 0 Å². The minimum Gasteiger partial charge on any atom is -0.394 e. The summed E-state index contributed by atoms with van der Waals surface area (Å²) in [7, 11) is 0. The maximum atomic E-state index is 9.36. The molecule has 1 saturated heterocycles. The minimum absolute atomic E-state index is 0.0308. The molecule has 1 aliphatic heterocycles. The number of aliphatic hydroxyl groups excluding tert-OH is 4. The van der Waals surface area contributed by atoms with E-state index in [1.54, 1.807) is 0 Å². The predicted molar refractivity (Wildman–Crippen MR) is 40.8 cm³/mol. The Kier molecular flexibility index (Phi) is 4.04. The Morgan fingerprint density at radius 2 is 2.08 bits per heavy atom. The average molecular weight is 194 g/mol. The summed E-state index contributed by atoms with van der Waals surface area (Å²) in [5.74, 6) is 0. The van der Waals surface area contributed by atoms with E-state index in [0.717, 1.165) is 0 Å². The molecule has 0 aromatic heterocycles. The Labute approximate surface area is 75.3 Å². The molecule has 0 aliphatic carbocycles. The van der Waals surface area contributed by atoms with Crippen molar-refractivity contribution in [3.63, 3.8) is 0 Å². The Bertz CT molecular complexity index is 152. The van der Waals surface area contributed by atoms with Crippen LogP contribution < -0.4 is 0 Å². The van der Waals surface area contributed by atoms with E-state index in [4.69, 9.17) is 19.7 Å². The Morgan fingerprint density at radius 3 is 2.62 bits per heavy atom. The van der Waals surface area contributed by atoms with Crippen molar-refractivity contribution in [1.29, 1.82) is 0 Å². The highest BCUT2D eigenvalue weighted by Crippen LogP contribution is 2.13. The molecule has 0 amide bonds. The fourth-order valence-electron chi connectivity index (χ4n) is 1.15. The molecule has 4 atom stereocenters. The van der Waals surface area contributed by atoms with Crippen molar-refractivity contribution in [2.24, 2.45) is 0 Å². The molecule has 78 valence electrons. The summed E-state index contributed by atoms with van der Waals surface area (Å²) in [6, 6.07) is 0. The van der Waals surface area contributed by atoms with E-state index < -0.39 is 31.0 Å². The molecular formula is C7H14O6. The smallest absolute Gasteiger partial charge is 0.147 e. The lowest BCUT2D eigenvalue weighted by Gasteiger charge is -2.32. The molecule has 0 bridgehead atoms. The van der Waals surface area contributed by atoms with Gasteiger partial charge in [-0.2, -0.15) is 0 Å². The second-order valence-electron chi connectivity index (χ2n) is 2.93. The van der Waals surface area contributed by atoms with E-state index in [9.17, 15) is 10.2 Å². The van der Waals surface area contributed by atoms with Crippen molar-refractivity contribution in [3.8, 4) is 0 Å². The van der Waals surface area contributed by atoms with Crippen molar-refractivity contribution in [1.82, 2.24) is 0 Å². The summed E-state index contributed by atoms with van der Waals surface area (Å²) in [5, 5.41) is 36.3. The molecule has 0 aromatic carbocycles. The van der Waals surface area contributed by atoms with Gasteiger partial charge in [0.05, 0.1) is 13.2 Å². The van der Waals surface area contributed by atoms with Gasteiger partial charge in [-0.3, -0.25) is 0 Å². The summed E-state index contributed by atoms with van der Waals surface area (Å²) in [5.41, 5.74) is 0. The van der Waals surface area contributed by atoms with E-state index in [1.807, 2.05) is 0 Å². The highest BCUT2D eigenvalue weighted by molar-refractivity contribution is 4.83. The maximum absolute atomic E-state index is 9.36. The zero-order chi connectivity index (χ0) is 9.84. The van der Waals surface area contributed by atoms with Gasteiger partial charge in [0.25, 0.3) is 0 Å². The highest BCUT2D eigenvalue weighted by Gasteiger charge is 2.34. The van der Waals surface area contributed by atoms with Crippen molar-refractivity contribution in [3.05, 3.63) is 0 Å². The van der Waals surface area contributed by atoms with Gasteiger partial charge >= 0.3 is 0 Å². The Hall–Kier alpha value is -0.240. The van der Waals surface area contributed by atoms with Crippen LogP contribution in [-0.4, -0.2) is 64.8 Å². The van der Waals surface area contributed by atoms with Crippen LogP contribution >= 0.6 is 0 Å². The molecule has 1 heterocycles. The standard InChI is InChI=1S/C7H14O6/c8-1-4(9)6(11)7-5(10)2-12-3-13-7/h4-11H,1-3H2/t4-,5-,6-,7-/m1/s1. The average Bonchev–Trinajstić information content (AvgIpc) is 2.16. The molecule has 0 aromatic rings. The first-order valence-corrected chi connectivity index (χ1v) is 4.01. The minimum atomic E-state index is -1.31. The van der Waals surface area contributed by atoms with Crippen LogP contribution in [0.3, 0.4) is 0 Å². The van der Waals surface area contributed by atoms with Crippen molar-refractivity contribution in [2.75, 3.05) is 20.0 Å². The maximum Gasteiger partial charge on any atom is 0.147 e. The third-order valence-electron chi connectivity index (χ3n) is 1.93. The van der Waals surface area contributed by atoms with Crippen LogP contribution in [0.25, 0.3) is 0 Å². The van der Waals surface area contributed by atoms with Crippen LogP contribution in [0.1, 0.15) is 0 Å². The fraction of sp³-hybridized carbons (Fsp3) is 1.00. The summed E-state index contributed by atoms with van der Waals surface area (Å²) in [6.45, 7) is -0.550. The molecule has 0 unspecified atom stereocenters. The second kappa shape index (κ2) is 4.85. The molecule has 1 aliphatic rings. The molecule has 13 heavy (non-hydrogen) atoms. The predicted octanol–water partition coefficient (Wildman–Crippen LogP) is -2.57. The molecule has 6 nitrogen and oxygen atoms in total. The lowest BCUT2D eigenvalue weighted by molar-refractivity contribution is -0.232. The van der Waals surface area contributed by atoms with Crippen molar-refractivity contribution >= 4 is 0 Å². The molecule has 4 N–H and O–H groups in total. The summed E-state index contributed by atoms with van der Waals surface area (Å²) >= 11 is 0. The van der Waals surface area contributed by atoms with Crippen molar-refractivity contribution < 1.29 is 29.9 Å². The SMILES string of the molecule is OC[C@@H](O)[C@@H](O)[C@@H]1OCOC[C@H]1O. The van der Waals surface area contributed by atoms with Gasteiger partial charge in [-0.15, -0.1) is 0 Å². The summed E-state index contributed by atoms with van der Waals surface area (Å²) in [4.78, 5) is 0. The molecule has 6 heteroatoms. The molecule has 0 radical (unpaired) electrons. The van der Waals surface area contributed by atoms with Crippen LogP contribution in [0.2, 0.25) is 0 Å². The number of aliphatic hydroxyl groups is 4. The lowest BCUT2D eigenvalue weighted by atomic mass is 10.0. The van der Waals surface area contributed by atoms with Gasteiger partial charge in [0.2, 0.25) is 0 Å². The van der Waals surface area contributed by atoms with E-state index in [-0.39, 0.29) is 13.4 Å². The van der Waals surface area contributed by atoms with Gasteiger partial charge in [-0.1, -0.05) is 0 Å². The van der Waals surface area contributed by atoms with Crippen LogP contribution in [0.4, 0.5) is 0 Å². The first-order chi connectivity index (χ1) is 6.16. The summed E-state index contributed by atoms with van der Waals surface area (Å²) in [6.07, 6.45) is -4.50. The van der Waals surface area contributed by atoms with Crippen LogP contribution in [-0.2, 0) is 9.47 Å². The quantitative estimate of drug-likeness (QED) is 0.394. The van der Waals surface area contributed by atoms with Crippen LogP contribution in [0.15, 0.2) is 0 Å². The van der Waals surface area contributed by atoms with E-state index in [0.29, 0.717) is 0 Å². The first kappa shape index (κ1) is 10.8. The largest absolute Gasteiger partial charge is 0.394 e. The monoisotopic (exact) mass is 194 g/mol. The number of hydrogen-bond donors (Lipinski definition) is 4. The Morgan fingerprint density at radius 1 is 1.38 bits per heavy atom. The third kappa shape index (κ3) is 2.60.